The van der Waals surface area contributed by atoms with Crippen molar-refractivity contribution < 1.29 is 22.3 Å². The summed E-state index contributed by atoms with van der Waals surface area (Å²) >= 11 is 0. The summed E-state index contributed by atoms with van der Waals surface area (Å²) in [6.07, 6.45) is 0. The topological polar surface area (TPSA) is 84.5 Å². The number of amides is 1. The second-order valence-corrected chi connectivity index (χ2v) is 8.16. The molecule has 156 valence electrons. The Morgan fingerprint density at radius 3 is 2.37 bits per heavy atom. The predicted molar refractivity (Wildman–Crippen MR) is 114 cm³/mol. The summed E-state index contributed by atoms with van der Waals surface area (Å²) in [5.41, 5.74) is 1.77. The number of ether oxygens (including phenoxy) is 1. The molecule has 6 nitrogen and oxygen atoms in total. The van der Waals surface area contributed by atoms with Gasteiger partial charge in [-0.2, -0.15) is 0 Å². The van der Waals surface area contributed by atoms with Crippen LogP contribution in [0.2, 0.25) is 0 Å². The lowest BCUT2D eigenvalue weighted by Crippen LogP contribution is -2.15. The predicted octanol–water partition coefficient (Wildman–Crippen LogP) is 4.59. The first-order valence-electron chi connectivity index (χ1n) is 9.22. The number of aryl methyl sites for hydroxylation is 1. The number of benzene rings is 3. The Hall–Kier alpha value is -3.39. The van der Waals surface area contributed by atoms with E-state index in [1.165, 1.54) is 36.4 Å². The van der Waals surface area contributed by atoms with Crippen LogP contribution in [0.15, 0.2) is 71.6 Å². The molecule has 8 heteroatoms. The summed E-state index contributed by atoms with van der Waals surface area (Å²) in [7, 11) is -3.80. The van der Waals surface area contributed by atoms with Gasteiger partial charge in [0.15, 0.2) is 11.6 Å². The largest absolute Gasteiger partial charge is 0.491 e. The molecular weight excluding hydrogens is 407 g/mol. The van der Waals surface area contributed by atoms with Gasteiger partial charge < -0.3 is 10.1 Å². The smallest absolute Gasteiger partial charge is 0.261 e. The molecule has 0 radical (unpaired) electrons. The molecule has 1 amide bonds. The number of para-hydroxylation sites is 1. The van der Waals surface area contributed by atoms with Gasteiger partial charge in [-0.25, -0.2) is 12.8 Å². The molecular formula is C22H21FN2O4S. The summed E-state index contributed by atoms with van der Waals surface area (Å²) in [5, 5.41) is 2.57. The molecule has 0 aliphatic carbocycles. The monoisotopic (exact) mass is 428 g/mol. The van der Waals surface area contributed by atoms with Crippen molar-refractivity contribution >= 4 is 27.3 Å². The van der Waals surface area contributed by atoms with Gasteiger partial charge in [-0.1, -0.05) is 18.2 Å². The average molecular weight is 428 g/mol. The highest BCUT2D eigenvalue weighted by Crippen LogP contribution is 2.22. The van der Waals surface area contributed by atoms with Crippen molar-refractivity contribution in [1.82, 2.24) is 0 Å². The summed E-state index contributed by atoms with van der Waals surface area (Å²) in [6, 6.07) is 16.6. The van der Waals surface area contributed by atoms with Crippen LogP contribution >= 0.6 is 0 Å². The molecule has 0 saturated heterocycles. The highest BCUT2D eigenvalue weighted by molar-refractivity contribution is 7.92. The third kappa shape index (κ3) is 4.96. The van der Waals surface area contributed by atoms with Crippen molar-refractivity contribution in [2.24, 2.45) is 0 Å². The van der Waals surface area contributed by atoms with Crippen LogP contribution in [0.25, 0.3) is 0 Å². The number of sulfonamides is 1. The van der Waals surface area contributed by atoms with Crippen LogP contribution in [0.4, 0.5) is 15.8 Å². The van der Waals surface area contributed by atoms with Gasteiger partial charge in [-0.3, -0.25) is 9.52 Å². The van der Waals surface area contributed by atoms with E-state index in [2.05, 4.69) is 10.0 Å². The Bertz CT molecular complexity index is 1160. The number of hydrogen-bond donors (Lipinski definition) is 2. The molecule has 0 spiro atoms. The fourth-order valence-electron chi connectivity index (χ4n) is 2.73. The van der Waals surface area contributed by atoms with Gasteiger partial charge in [0.05, 0.1) is 17.2 Å². The maximum atomic E-state index is 13.9. The van der Waals surface area contributed by atoms with E-state index in [4.69, 9.17) is 4.74 Å². The van der Waals surface area contributed by atoms with Gasteiger partial charge in [-0.15, -0.1) is 0 Å². The molecule has 30 heavy (non-hydrogen) atoms. The van der Waals surface area contributed by atoms with E-state index in [-0.39, 0.29) is 21.9 Å². The van der Waals surface area contributed by atoms with E-state index in [0.29, 0.717) is 12.3 Å². The lowest BCUT2D eigenvalue weighted by molar-refractivity contribution is 0.102. The Labute approximate surface area is 174 Å². The fraction of sp³-hybridized carbons (Fsp3) is 0.136. The van der Waals surface area contributed by atoms with Crippen molar-refractivity contribution in [3.05, 3.63) is 83.7 Å². The molecule has 0 aliphatic rings. The van der Waals surface area contributed by atoms with Gasteiger partial charge in [0.2, 0.25) is 0 Å². The van der Waals surface area contributed by atoms with Crippen LogP contribution in [-0.4, -0.2) is 20.9 Å². The van der Waals surface area contributed by atoms with Crippen LogP contribution in [0.1, 0.15) is 22.8 Å². The minimum absolute atomic E-state index is 0.0226. The molecule has 0 heterocycles. The number of anilines is 2. The van der Waals surface area contributed by atoms with Gasteiger partial charge in [0.25, 0.3) is 15.9 Å². The molecule has 0 saturated carbocycles. The first-order valence-corrected chi connectivity index (χ1v) is 10.7. The number of hydrogen-bond acceptors (Lipinski definition) is 4. The molecule has 3 rings (SSSR count). The lowest BCUT2D eigenvalue weighted by Gasteiger charge is -2.11. The Morgan fingerprint density at radius 1 is 1.03 bits per heavy atom. The Kier molecular flexibility index (Phi) is 6.37. The number of nitrogens with one attached hydrogen (secondary N) is 2. The molecule has 0 aliphatic heterocycles. The van der Waals surface area contributed by atoms with E-state index >= 15 is 0 Å². The molecule has 0 fully saturated rings. The first kappa shape index (κ1) is 21.3. The Morgan fingerprint density at radius 2 is 1.73 bits per heavy atom. The first-order chi connectivity index (χ1) is 14.3. The zero-order valence-corrected chi connectivity index (χ0v) is 17.3. The standard InChI is InChI=1S/C22H21FN2O4S/c1-3-29-21-13-10-17(14-19(21)23)24-22(26)16-8-11-18(12-9-16)30(27,28)25-20-7-5-4-6-15(20)2/h4-14,25H,3H2,1-2H3,(H,24,26). The van der Waals surface area contributed by atoms with Crippen molar-refractivity contribution in [2.45, 2.75) is 18.7 Å². The highest BCUT2D eigenvalue weighted by Gasteiger charge is 2.16. The van der Waals surface area contributed by atoms with E-state index < -0.39 is 21.7 Å². The van der Waals surface area contributed by atoms with Crippen molar-refractivity contribution in [3.8, 4) is 5.75 Å². The van der Waals surface area contributed by atoms with Crippen molar-refractivity contribution in [1.29, 1.82) is 0 Å². The lowest BCUT2D eigenvalue weighted by atomic mass is 10.2. The van der Waals surface area contributed by atoms with Crippen molar-refractivity contribution in [3.63, 3.8) is 0 Å². The number of carbonyl (C=O) groups excluding carboxylic acids is 1. The van der Waals surface area contributed by atoms with E-state index in [1.54, 1.807) is 32.0 Å². The molecule has 0 unspecified atom stereocenters. The molecule has 0 aromatic heterocycles. The third-order valence-electron chi connectivity index (χ3n) is 4.31. The molecule has 0 bridgehead atoms. The molecule has 0 atom stereocenters. The fourth-order valence-corrected chi connectivity index (χ4v) is 3.86. The molecule has 3 aromatic rings. The van der Waals surface area contributed by atoms with Crippen molar-refractivity contribution in [2.75, 3.05) is 16.6 Å². The van der Waals surface area contributed by atoms with Gasteiger partial charge >= 0.3 is 0 Å². The van der Waals surface area contributed by atoms with Crippen LogP contribution in [0.5, 0.6) is 5.75 Å². The second-order valence-electron chi connectivity index (χ2n) is 6.48. The maximum absolute atomic E-state index is 13.9. The minimum atomic E-state index is -3.80. The summed E-state index contributed by atoms with van der Waals surface area (Å²) < 4.78 is 46.8. The normalized spacial score (nSPS) is 11.0. The van der Waals surface area contributed by atoms with Crippen LogP contribution in [0.3, 0.4) is 0 Å². The maximum Gasteiger partial charge on any atom is 0.261 e. The number of halogens is 1. The molecule has 2 N–H and O–H groups in total. The van der Waals surface area contributed by atoms with E-state index in [0.717, 1.165) is 11.6 Å². The van der Waals surface area contributed by atoms with Crippen LogP contribution in [0, 0.1) is 12.7 Å². The zero-order valence-electron chi connectivity index (χ0n) is 16.5. The van der Waals surface area contributed by atoms with Gasteiger partial charge in [0.1, 0.15) is 0 Å². The highest BCUT2D eigenvalue weighted by atomic mass is 32.2. The van der Waals surface area contributed by atoms with Crippen LogP contribution in [-0.2, 0) is 10.0 Å². The molecule has 3 aromatic carbocycles. The minimum Gasteiger partial charge on any atom is -0.491 e. The quantitative estimate of drug-likeness (QED) is 0.577. The van der Waals surface area contributed by atoms with Gasteiger partial charge in [-0.05, 0) is 61.9 Å². The zero-order chi connectivity index (χ0) is 21.7. The summed E-state index contributed by atoms with van der Waals surface area (Å²) in [6.45, 7) is 3.88. The number of rotatable bonds is 7. The van der Waals surface area contributed by atoms with E-state index in [9.17, 15) is 17.6 Å². The summed E-state index contributed by atoms with van der Waals surface area (Å²) in [5.74, 6) is -0.973. The second kappa shape index (κ2) is 8.96. The summed E-state index contributed by atoms with van der Waals surface area (Å²) in [4.78, 5) is 12.4. The van der Waals surface area contributed by atoms with Crippen LogP contribution < -0.4 is 14.8 Å². The van der Waals surface area contributed by atoms with E-state index in [1.807, 2.05) is 6.07 Å². The average Bonchev–Trinajstić information content (AvgIpc) is 2.72. The SMILES string of the molecule is CCOc1ccc(NC(=O)c2ccc(S(=O)(=O)Nc3ccccc3C)cc2)cc1F. The number of carbonyl (C=O) groups is 1. The third-order valence-corrected chi connectivity index (χ3v) is 5.69. The van der Waals surface area contributed by atoms with Gasteiger partial charge in [0, 0.05) is 17.3 Å². The Balaban J connectivity index is 1.72.